The summed E-state index contributed by atoms with van der Waals surface area (Å²) in [6, 6.07) is 18.4. The first-order chi connectivity index (χ1) is 18.7. The Kier molecular flexibility index (Phi) is 9.16. The van der Waals surface area contributed by atoms with Gasteiger partial charge in [0.25, 0.3) is 0 Å². The Morgan fingerprint density at radius 2 is 1.74 bits per heavy atom. The minimum Gasteiger partial charge on any atom is -0.497 e. The molecule has 1 atom stereocenters. The third-order valence-electron chi connectivity index (χ3n) is 6.75. The molecule has 39 heavy (non-hydrogen) atoms. The Bertz CT molecular complexity index is 1280. The Hall–Kier alpha value is -3.54. The van der Waals surface area contributed by atoms with Gasteiger partial charge in [0.05, 0.1) is 26.7 Å². The van der Waals surface area contributed by atoms with Gasteiger partial charge in [0.1, 0.15) is 29.7 Å². The first-order valence-corrected chi connectivity index (χ1v) is 13.6. The fourth-order valence-electron chi connectivity index (χ4n) is 4.60. The number of methoxy groups -OCH3 is 1. The Balaban J connectivity index is 1.54. The van der Waals surface area contributed by atoms with Gasteiger partial charge in [-0.15, -0.1) is 0 Å². The number of hydrogen-bond donors (Lipinski definition) is 0. The summed E-state index contributed by atoms with van der Waals surface area (Å²) in [4.78, 5) is 12.2. The van der Waals surface area contributed by atoms with Gasteiger partial charge in [-0.1, -0.05) is 45.0 Å². The van der Waals surface area contributed by atoms with Crippen LogP contribution in [0.1, 0.15) is 64.0 Å². The molecular weight excluding hydrogens is 495 g/mol. The lowest BCUT2D eigenvalue weighted by Gasteiger charge is -2.21. The molecule has 0 spiro atoms. The largest absolute Gasteiger partial charge is 0.497 e. The summed E-state index contributed by atoms with van der Waals surface area (Å²) in [5.74, 6) is 1.94. The molecule has 3 aromatic rings. The van der Waals surface area contributed by atoms with Gasteiger partial charge in [0.2, 0.25) is 0 Å². The summed E-state index contributed by atoms with van der Waals surface area (Å²) in [5, 5.41) is 0. The van der Waals surface area contributed by atoms with Gasteiger partial charge in [-0.25, -0.2) is 4.39 Å². The summed E-state index contributed by atoms with van der Waals surface area (Å²) < 4.78 is 37.7. The second-order valence-electron chi connectivity index (χ2n) is 11.3. The van der Waals surface area contributed by atoms with Gasteiger partial charge in [-0.05, 0) is 78.5 Å². The quantitative estimate of drug-likeness (QED) is 0.221. The molecular formula is C33H39FO5. The molecule has 208 valence electrons. The number of esters is 1. The van der Waals surface area contributed by atoms with Crippen LogP contribution in [0.5, 0.6) is 17.2 Å². The van der Waals surface area contributed by atoms with Gasteiger partial charge >= 0.3 is 5.97 Å². The van der Waals surface area contributed by atoms with E-state index in [0.29, 0.717) is 60.5 Å². The number of ether oxygens (including phenoxy) is 4. The van der Waals surface area contributed by atoms with Crippen molar-refractivity contribution in [1.29, 1.82) is 0 Å². The summed E-state index contributed by atoms with van der Waals surface area (Å²) >= 11 is 0. The minimum absolute atomic E-state index is 0.0802. The Morgan fingerprint density at radius 3 is 2.44 bits per heavy atom. The molecule has 1 saturated carbocycles. The maximum atomic E-state index is 14.8. The van der Waals surface area contributed by atoms with Crippen LogP contribution in [0.2, 0.25) is 0 Å². The number of carbonyl (C=O) groups is 1. The molecule has 0 saturated heterocycles. The van der Waals surface area contributed by atoms with Gasteiger partial charge in [-0.3, -0.25) is 4.79 Å². The Labute approximate surface area is 231 Å². The molecule has 0 aromatic heterocycles. The maximum Gasteiger partial charge on any atom is 0.306 e. The predicted molar refractivity (Wildman–Crippen MR) is 151 cm³/mol. The minimum atomic E-state index is -0.352. The summed E-state index contributed by atoms with van der Waals surface area (Å²) in [7, 11) is 1.56. The topological polar surface area (TPSA) is 54.0 Å². The third-order valence-corrected chi connectivity index (χ3v) is 6.75. The molecule has 1 aliphatic rings. The molecule has 0 heterocycles. The van der Waals surface area contributed by atoms with Crippen molar-refractivity contribution in [3.63, 3.8) is 0 Å². The molecule has 1 fully saturated rings. The van der Waals surface area contributed by atoms with Crippen molar-refractivity contribution in [3.8, 4) is 28.4 Å². The number of halogens is 1. The average molecular weight is 535 g/mol. The fraction of sp³-hybridized carbons (Fsp3) is 0.424. The third kappa shape index (κ3) is 7.98. The first kappa shape index (κ1) is 28.5. The SMILES string of the molecule is CCOC(=O)CC(c1cccc(COc2ccc(-c3cc(OC)ccc3F)c(OCC(C)(C)C)c2)c1)C1CC1. The predicted octanol–water partition coefficient (Wildman–Crippen LogP) is 7.95. The van der Waals surface area contributed by atoms with Crippen LogP contribution in [0.25, 0.3) is 11.1 Å². The van der Waals surface area contributed by atoms with Crippen LogP contribution in [-0.4, -0.2) is 26.3 Å². The molecule has 3 aromatic carbocycles. The zero-order valence-corrected chi connectivity index (χ0v) is 23.6. The van der Waals surface area contributed by atoms with Gasteiger partial charge in [0, 0.05) is 17.2 Å². The fourth-order valence-corrected chi connectivity index (χ4v) is 4.60. The van der Waals surface area contributed by atoms with E-state index in [9.17, 15) is 9.18 Å². The molecule has 0 N–H and O–H groups in total. The van der Waals surface area contributed by atoms with Crippen molar-refractivity contribution in [2.24, 2.45) is 11.3 Å². The number of carbonyl (C=O) groups excluding carboxylic acids is 1. The van der Waals surface area contributed by atoms with Crippen LogP contribution in [0.15, 0.2) is 60.7 Å². The van der Waals surface area contributed by atoms with Gasteiger partial charge in [0.15, 0.2) is 0 Å². The highest BCUT2D eigenvalue weighted by atomic mass is 19.1. The lowest BCUT2D eigenvalue weighted by Crippen LogP contribution is -2.17. The van der Waals surface area contributed by atoms with Gasteiger partial charge in [-0.2, -0.15) is 0 Å². The van der Waals surface area contributed by atoms with E-state index >= 15 is 0 Å². The van der Waals surface area contributed by atoms with E-state index in [-0.39, 0.29) is 23.1 Å². The zero-order valence-electron chi connectivity index (χ0n) is 23.6. The van der Waals surface area contributed by atoms with Crippen LogP contribution in [0.3, 0.4) is 0 Å². The zero-order chi connectivity index (χ0) is 28.0. The van der Waals surface area contributed by atoms with E-state index in [2.05, 4.69) is 32.9 Å². The average Bonchev–Trinajstić information content (AvgIpc) is 3.75. The molecule has 0 amide bonds. The molecule has 5 nitrogen and oxygen atoms in total. The molecule has 4 rings (SSSR count). The highest BCUT2D eigenvalue weighted by Crippen LogP contribution is 2.45. The maximum absolute atomic E-state index is 14.8. The molecule has 0 aliphatic heterocycles. The number of hydrogen-bond acceptors (Lipinski definition) is 5. The second kappa shape index (κ2) is 12.5. The van der Waals surface area contributed by atoms with Crippen LogP contribution < -0.4 is 14.2 Å². The van der Waals surface area contributed by atoms with Crippen molar-refractivity contribution >= 4 is 5.97 Å². The van der Waals surface area contributed by atoms with E-state index in [1.165, 1.54) is 6.07 Å². The van der Waals surface area contributed by atoms with Crippen LogP contribution >= 0.6 is 0 Å². The van der Waals surface area contributed by atoms with E-state index in [0.717, 1.165) is 24.0 Å². The molecule has 1 unspecified atom stereocenters. The number of rotatable bonds is 12. The van der Waals surface area contributed by atoms with Crippen LogP contribution in [0.4, 0.5) is 4.39 Å². The summed E-state index contributed by atoms with van der Waals surface area (Å²) in [6.07, 6.45) is 2.68. The molecule has 6 heteroatoms. The van der Waals surface area contributed by atoms with E-state index in [1.54, 1.807) is 19.2 Å². The van der Waals surface area contributed by atoms with Crippen molar-refractivity contribution in [3.05, 3.63) is 77.6 Å². The van der Waals surface area contributed by atoms with E-state index in [1.807, 2.05) is 37.3 Å². The monoisotopic (exact) mass is 534 g/mol. The lowest BCUT2D eigenvalue weighted by molar-refractivity contribution is -0.143. The van der Waals surface area contributed by atoms with E-state index < -0.39 is 0 Å². The molecule has 0 bridgehead atoms. The van der Waals surface area contributed by atoms with Crippen molar-refractivity contribution in [2.45, 2.75) is 59.5 Å². The lowest BCUT2D eigenvalue weighted by atomic mass is 9.90. The van der Waals surface area contributed by atoms with Crippen LogP contribution in [-0.2, 0) is 16.1 Å². The summed E-state index contributed by atoms with van der Waals surface area (Å²) in [5.41, 5.74) is 3.12. The van der Waals surface area contributed by atoms with Crippen molar-refractivity contribution in [1.82, 2.24) is 0 Å². The highest BCUT2D eigenvalue weighted by molar-refractivity contribution is 5.73. The second-order valence-corrected chi connectivity index (χ2v) is 11.3. The molecule has 0 radical (unpaired) electrons. The highest BCUT2D eigenvalue weighted by Gasteiger charge is 2.34. The number of benzene rings is 3. The molecule has 1 aliphatic carbocycles. The first-order valence-electron chi connectivity index (χ1n) is 13.6. The van der Waals surface area contributed by atoms with Crippen molar-refractivity contribution in [2.75, 3.05) is 20.3 Å². The normalized spacial score (nSPS) is 14.0. The smallest absolute Gasteiger partial charge is 0.306 e. The van der Waals surface area contributed by atoms with Gasteiger partial charge < -0.3 is 18.9 Å². The van der Waals surface area contributed by atoms with E-state index in [4.69, 9.17) is 18.9 Å². The standard InChI is InChI=1S/C33H39FO5/c1-6-37-32(35)19-28(23-10-11-23)24-9-7-8-22(16-24)20-38-26-12-14-27(31(18-26)39-21-33(2,3)4)29-17-25(36-5)13-15-30(29)34/h7-9,12-18,23,28H,6,10-11,19-21H2,1-5H3. The van der Waals surface area contributed by atoms with Crippen LogP contribution in [0, 0.1) is 17.2 Å². The Morgan fingerprint density at radius 1 is 0.974 bits per heavy atom. The summed E-state index contributed by atoms with van der Waals surface area (Å²) in [6.45, 7) is 9.31. The van der Waals surface area contributed by atoms with Crippen molar-refractivity contribution < 1.29 is 28.1 Å².